The molecular formula is C10H14N2O2S. The number of carbonyl (C=O) groups is 1. The maximum Gasteiger partial charge on any atom is 0.350 e. The molecule has 0 spiro atoms. The summed E-state index contributed by atoms with van der Waals surface area (Å²) in [7, 11) is 3.42. The van der Waals surface area contributed by atoms with Crippen molar-refractivity contribution in [2.24, 2.45) is 0 Å². The Labute approximate surface area is 92.9 Å². The highest BCUT2D eigenvalue weighted by Gasteiger charge is 2.29. The van der Waals surface area contributed by atoms with Gasteiger partial charge in [-0.1, -0.05) is 11.3 Å². The van der Waals surface area contributed by atoms with Crippen LogP contribution in [0.3, 0.4) is 0 Å². The Morgan fingerprint density at radius 2 is 2.27 bits per heavy atom. The fourth-order valence-electron chi connectivity index (χ4n) is 1.43. The fraction of sp³-hybridized carbons (Fsp3) is 0.600. The molecule has 1 saturated carbocycles. The largest absolute Gasteiger partial charge is 0.465 e. The first kappa shape index (κ1) is 10.4. The van der Waals surface area contributed by atoms with Crippen LogP contribution in [0.25, 0.3) is 0 Å². The highest BCUT2D eigenvalue weighted by Crippen LogP contribution is 2.34. The first-order valence-corrected chi connectivity index (χ1v) is 5.73. The number of hydrogen-bond acceptors (Lipinski definition) is 5. The molecule has 2 rings (SSSR count). The SMILES string of the molecule is COC(=O)c1sc(N(C)C2CC2)nc1C. The smallest absolute Gasteiger partial charge is 0.350 e. The molecule has 0 atom stereocenters. The average molecular weight is 226 g/mol. The van der Waals surface area contributed by atoms with E-state index in [4.69, 9.17) is 4.74 Å². The van der Waals surface area contributed by atoms with E-state index in [0.29, 0.717) is 10.9 Å². The molecule has 0 amide bonds. The van der Waals surface area contributed by atoms with Crippen LogP contribution in [0.5, 0.6) is 0 Å². The third-order valence-electron chi connectivity index (χ3n) is 2.55. The minimum atomic E-state index is -0.291. The Bertz CT molecular complexity index is 385. The molecule has 1 aromatic heterocycles. The topological polar surface area (TPSA) is 42.4 Å². The van der Waals surface area contributed by atoms with E-state index in [0.717, 1.165) is 10.8 Å². The van der Waals surface area contributed by atoms with E-state index in [1.165, 1.54) is 31.3 Å². The van der Waals surface area contributed by atoms with Gasteiger partial charge in [-0.05, 0) is 19.8 Å². The number of rotatable bonds is 3. The lowest BCUT2D eigenvalue weighted by Gasteiger charge is -2.13. The van der Waals surface area contributed by atoms with Crippen molar-refractivity contribution in [2.75, 3.05) is 19.1 Å². The molecule has 5 heteroatoms. The third kappa shape index (κ3) is 1.97. The number of aromatic nitrogens is 1. The Morgan fingerprint density at radius 3 is 2.80 bits per heavy atom. The summed E-state index contributed by atoms with van der Waals surface area (Å²) in [6.07, 6.45) is 2.45. The summed E-state index contributed by atoms with van der Waals surface area (Å²) in [5.41, 5.74) is 0.759. The number of methoxy groups -OCH3 is 1. The van der Waals surface area contributed by atoms with Crippen LogP contribution in [-0.2, 0) is 4.74 Å². The Hall–Kier alpha value is -1.10. The third-order valence-corrected chi connectivity index (χ3v) is 3.78. The molecule has 1 fully saturated rings. The van der Waals surface area contributed by atoms with E-state index in [1.807, 2.05) is 14.0 Å². The van der Waals surface area contributed by atoms with E-state index >= 15 is 0 Å². The minimum absolute atomic E-state index is 0.291. The van der Waals surface area contributed by atoms with E-state index < -0.39 is 0 Å². The lowest BCUT2D eigenvalue weighted by molar-refractivity contribution is 0.0605. The predicted octanol–water partition coefficient (Wildman–Crippen LogP) is 1.84. The van der Waals surface area contributed by atoms with E-state index in [9.17, 15) is 4.79 Å². The lowest BCUT2D eigenvalue weighted by atomic mass is 10.4. The number of nitrogens with zero attached hydrogens (tertiary/aromatic N) is 2. The van der Waals surface area contributed by atoms with Crippen LogP contribution in [0.15, 0.2) is 0 Å². The quantitative estimate of drug-likeness (QED) is 0.737. The maximum absolute atomic E-state index is 11.4. The standard InChI is InChI=1S/C10H14N2O2S/c1-6-8(9(13)14-3)15-10(11-6)12(2)7-4-5-7/h7H,4-5H2,1-3H3. The van der Waals surface area contributed by atoms with Crippen LogP contribution in [0.1, 0.15) is 28.2 Å². The van der Waals surface area contributed by atoms with Gasteiger partial charge in [0, 0.05) is 13.1 Å². The summed E-state index contributed by atoms with van der Waals surface area (Å²) in [5.74, 6) is -0.291. The zero-order chi connectivity index (χ0) is 11.0. The second-order valence-electron chi connectivity index (χ2n) is 3.74. The second-order valence-corrected chi connectivity index (χ2v) is 4.72. The summed E-state index contributed by atoms with van der Waals surface area (Å²) in [4.78, 5) is 18.5. The lowest BCUT2D eigenvalue weighted by Crippen LogP contribution is -2.18. The highest BCUT2D eigenvalue weighted by atomic mass is 32.1. The second kappa shape index (κ2) is 3.81. The zero-order valence-corrected chi connectivity index (χ0v) is 9.93. The number of aryl methyl sites for hydroxylation is 1. The van der Waals surface area contributed by atoms with E-state index in [2.05, 4.69) is 9.88 Å². The molecule has 1 aliphatic rings. The van der Waals surface area contributed by atoms with Crippen molar-refractivity contribution >= 4 is 22.4 Å². The first-order valence-electron chi connectivity index (χ1n) is 4.92. The number of hydrogen-bond donors (Lipinski definition) is 0. The van der Waals surface area contributed by atoms with Gasteiger partial charge in [0.2, 0.25) is 0 Å². The van der Waals surface area contributed by atoms with Crippen molar-refractivity contribution < 1.29 is 9.53 Å². The normalized spacial score (nSPS) is 15.1. The van der Waals surface area contributed by atoms with E-state index in [1.54, 1.807) is 0 Å². The van der Waals surface area contributed by atoms with Gasteiger partial charge >= 0.3 is 5.97 Å². The minimum Gasteiger partial charge on any atom is -0.465 e. The van der Waals surface area contributed by atoms with Gasteiger partial charge in [0.05, 0.1) is 12.8 Å². The highest BCUT2D eigenvalue weighted by molar-refractivity contribution is 7.17. The number of ether oxygens (including phenoxy) is 1. The van der Waals surface area contributed by atoms with Crippen LogP contribution in [0, 0.1) is 6.92 Å². The zero-order valence-electron chi connectivity index (χ0n) is 9.11. The number of carbonyl (C=O) groups excluding carboxylic acids is 1. The van der Waals surface area contributed by atoms with Gasteiger partial charge in [-0.15, -0.1) is 0 Å². The molecule has 1 aromatic rings. The van der Waals surface area contributed by atoms with Gasteiger partial charge in [0.25, 0.3) is 0 Å². The molecule has 1 heterocycles. The Morgan fingerprint density at radius 1 is 1.60 bits per heavy atom. The molecule has 0 unspecified atom stereocenters. The van der Waals surface area contributed by atoms with Crippen molar-refractivity contribution in [2.45, 2.75) is 25.8 Å². The summed E-state index contributed by atoms with van der Waals surface area (Å²) < 4.78 is 4.70. The molecule has 0 bridgehead atoms. The van der Waals surface area contributed by atoms with Crippen LogP contribution in [0.2, 0.25) is 0 Å². The van der Waals surface area contributed by atoms with E-state index in [-0.39, 0.29) is 5.97 Å². The fourth-order valence-corrected chi connectivity index (χ4v) is 2.45. The molecule has 82 valence electrons. The molecule has 0 aliphatic heterocycles. The van der Waals surface area contributed by atoms with Crippen molar-refractivity contribution in [3.8, 4) is 0 Å². The number of anilines is 1. The van der Waals surface area contributed by atoms with Gasteiger partial charge in [0.15, 0.2) is 5.13 Å². The van der Waals surface area contributed by atoms with Gasteiger partial charge in [-0.3, -0.25) is 0 Å². The first-order chi connectivity index (χ1) is 7.13. The van der Waals surface area contributed by atoms with Crippen molar-refractivity contribution in [1.29, 1.82) is 0 Å². The van der Waals surface area contributed by atoms with Crippen LogP contribution < -0.4 is 4.90 Å². The monoisotopic (exact) mass is 226 g/mol. The summed E-state index contributed by atoms with van der Waals surface area (Å²) in [5, 5.41) is 0.912. The molecule has 4 nitrogen and oxygen atoms in total. The Balaban J connectivity index is 2.23. The van der Waals surface area contributed by atoms with Gasteiger partial charge in [-0.25, -0.2) is 9.78 Å². The van der Waals surface area contributed by atoms with Gasteiger partial charge in [-0.2, -0.15) is 0 Å². The van der Waals surface area contributed by atoms with Gasteiger partial charge < -0.3 is 9.64 Å². The number of thiazole rings is 1. The van der Waals surface area contributed by atoms with Gasteiger partial charge in [0.1, 0.15) is 4.88 Å². The molecular weight excluding hydrogens is 212 g/mol. The Kier molecular flexibility index (Phi) is 2.65. The predicted molar refractivity (Wildman–Crippen MR) is 59.6 cm³/mol. The molecule has 15 heavy (non-hydrogen) atoms. The van der Waals surface area contributed by atoms with Crippen LogP contribution >= 0.6 is 11.3 Å². The van der Waals surface area contributed by atoms with Crippen LogP contribution in [-0.4, -0.2) is 31.2 Å². The molecule has 1 aliphatic carbocycles. The van der Waals surface area contributed by atoms with Crippen LogP contribution in [0.4, 0.5) is 5.13 Å². The van der Waals surface area contributed by atoms with Crippen molar-refractivity contribution in [3.05, 3.63) is 10.6 Å². The summed E-state index contributed by atoms with van der Waals surface area (Å²) in [6.45, 7) is 1.84. The average Bonchev–Trinajstić information content (AvgIpc) is 3.00. The number of esters is 1. The summed E-state index contributed by atoms with van der Waals surface area (Å²) in [6, 6.07) is 0.612. The molecule has 0 radical (unpaired) electrons. The van der Waals surface area contributed by atoms with Crippen molar-refractivity contribution in [1.82, 2.24) is 4.98 Å². The maximum atomic E-state index is 11.4. The summed E-state index contributed by atoms with van der Waals surface area (Å²) >= 11 is 1.41. The molecule has 0 aromatic carbocycles. The molecule has 0 saturated heterocycles. The van der Waals surface area contributed by atoms with Crippen molar-refractivity contribution in [3.63, 3.8) is 0 Å². The molecule has 0 N–H and O–H groups in total.